The highest BCUT2D eigenvalue weighted by molar-refractivity contribution is 5.97. The van der Waals surface area contributed by atoms with Crippen molar-refractivity contribution in [1.29, 1.82) is 0 Å². The molecule has 0 radical (unpaired) electrons. The van der Waals surface area contributed by atoms with Crippen molar-refractivity contribution in [2.75, 3.05) is 19.5 Å². The third-order valence-electron chi connectivity index (χ3n) is 3.33. The molecule has 0 aliphatic rings. The molecule has 8 nitrogen and oxygen atoms in total. The zero-order chi connectivity index (χ0) is 17.0. The molecule has 124 valence electrons. The fraction of sp³-hybridized carbons (Fsp3) is 0.467. The first-order valence-electron chi connectivity index (χ1n) is 7.22. The van der Waals surface area contributed by atoms with Gasteiger partial charge in [0.05, 0.1) is 19.6 Å². The van der Waals surface area contributed by atoms with Crippen LogP contribution in [0.15, 0.2) is 12.4 Å². The standard InChI is InChI=1S/C15H20N4O4/c1-8(2)5-10(14(20)22-3)18-12-9-6-11(15(21)23-4)19-13(9)17-7-16-12/h6-8,10H,5H2,1-4H3,(H2,16,17,18,19)/t10-/m0/s1. The highest BCUT2D eigenvalue weighted by Crippen LogP contribution is 2.22. The van der Waals surface area contributed by atoms with Crippen LogP contribution in [-0.4, -0.2) is 47.2 Å². The highest BCUT2D eigenvalue weighted by Gasteiger charge is 2.22. The van der Waals surface area contributed by atoms with E-state index >= 15 is 0 Å². The van der Waals surface area contributed by atoms with Gasteiger partial charge in [0.15, 0.2) is 0 Å². The second-order valence-corrected chi connectivity index (χ2v) is 5.51. The Morgan fingerprint density at radius 3 is 2.61 bits per heavy atom. The fourth-order valence-electron chi connectivity index (χ4n) is 2.27. The number of aromatic nitrogens is 3. The van der Waals surface area contributed by atoms with Gasteiger partial charge in [-0.25, -0.2) is 19.6 Å². The van der Waals surface area contributed by atoms with E-state index in [1.807, 2.05) is 13.8 Å². The summed E-state index contributed by atoms with van der Waals surface area (Å²) >= 11 is 0. The first-order valence-corrected chi connectivity index (χ1v) is 7.22. The molecule has 0 spiro atoms. The maximum atomic E-state index is 11.9. The molecule has 23 heavy (non-hydrogen) atoms. The number of carbonyl (C=O) groups is 2. The molecule has 0 saturated carbocycles. The molecule has 0 unspecified atom stereocenters. The largest absolute Gasteiger partial charge is 0.467 e. The SMILES string of the molecule is COC(=O)c1cc2c(N[C@@H](CC(C)C)C(=O)OC)ncnc2[nH]1. The highest BCUT2D eigenvalue weighted by atomic mass is 16.5. The van der Waals surface area contributed by atoms with Crippen molar-refractivity contribution in [3.05, 3.63) is 18.1 Å². The Morgan fingerprint density at radius 1 is 1.26 bits per heavy atom. The van der Waals surface area contributed by atoms with Gasteiger partial charge in [0, 0.05) is 0 Å². The van der Waals surface area contributed by atoms with Gasteiger partial charge in [-0.3, -0.25) is 0 Å². The van der Waals surface area contributed by atoms with E-state index in [4.69, 9.17) is 4.74 Å². The summed E-state index contributed by atoms with van der Waals surface area (Å²) in [5, 5.41) is 3.68. The van der Waals surface area contributed by atoms with Gasteiger partial charge >= 0.3 is 11.9 Å². The summed E-state index contributed by atoms with van der Waals surface area (Å²) in [6.45, 7) is 4.03. The van der Waals surface area contributed by atoms with Crippen LogP contribution < -0.4 is 5.32 Å². The molecular weight excluding hydrogens is 300 g/mol. The number of anilines is 1. The molecule has 2 N–H and O–H groups in total. The molecule has 2 rings (SSSR count). The zero-order valence-electron chi connectivity index (χ0n) is 13.5. The van der Waals surface area contributed by atoms with E-state index in [0.717, 1.165) is 0 Å². The van der Waals surface area contributed by atoms with E-state index in [1.165, 1.54) is 20.5 Å². The number of H-pyrrole nitrogens is 1. The Kier molecular flexibility index (Phi) is 5.15. The van der Waals surface area contributed by atoms with Gasteiger partial charge in [0.1, 0.15) is 29.5 Å². The maximum Gasteiger partial charge on any atom is 0.354 e. The summed E-state index contributed by atoms with van der Waals surface area (Å²) in [6.07, 6.45) is 1.94. The zero-order valence-corrected chi connectivity index (χ0v) is 13.5. The number of aromatic amines is 1. The Morgan fingerprint density at radius 2 is 2.00 bits per heavy atom. The Balaban J connectivity index is 2.35. The predicted molar refractivity (Wildman–Crippen MR) is 84.1 cm³/mol. The van der Waals surface area contributed by atoms with Gasteiger partial charge < -0.3 is 19.8 Å². The Hall–Kier alpha value is -2.64. The van der Waals surface area contributed by atoms with Crippen molar-refractivity contribution in [3.63, 3.8) is 0 Å². The first-order chi connectivity index (χ1) is 11.0. The normalized spacial score (nSPS) is 12.2. The molecule has 2 heterocycles. The average molecular weight is 320 g/mol. The fourth-order valence-corrected chi connectivity index (χ4v) is 2.27. The minimum atomic E-state index is -0.533. The average Bonchev–Trinajstić information content (AvgIpc) is 2.97. The number of nitrogens with zero attached hydrogens (tertiary/aromatic N) is 2. The molecule has 0 fully saturated rings. The third kappa shape index (κ3) is 3.77. The number of hydrogen-bond donors (Lipinski definition) is 2. The summed E-state index contributed by atoms with van der Waals surface area (Å²) < 4.78 is 9.51. The molecule has 2 aromatic rings. The number of nitrogens with one attached hydrogen (secondary N) is 2. The molecule has 8 heteroatoms. The van der Waals surface area contributed by atoms with E-state index in [9.17, 15) is 9.59 Å². The number of esters is 2. The minimum Gasteiger partial charge on any atom is -0.467 e. The quantitative estimate of drug-likeness (QED) is 0.781. The van der Waals surface area contributed by atoms with Gasteiger partial charge in [0.2, 0.25) is 0 Å². The van der Waals surface area contributed by atoms with Crippen LogP contribution in [-0.2, 0) is 14.3 Å². The van der Waals surface area contributed by atoms with E-state index < -0.39 is 12.0 Å². The smallest absolute Gasteiger partial charge is 0.354 e. The monoisotopic (exact) mass is 320 g/mol. The molecule has 0 aliphatic heterocycles. The van der Waals surface area contributed by atoms with Crippen LogP contribution in [0, 0.1) is 5.92 Å². The van der Waals surface area contributed by atoms with Gasteiger partial charge in [-0.15, -0.1) is 0 Å². The summed E-state index contributed by atoms with van der Waals surface area (Å²) in [5.41, 5.74) is 0.751. The summed E-state index contributed by atoms with van der Waals surface area (Å²) in [5.74, 6) is -0.118. The number of carbonyl (C=O) groups excluding carboxylic acids is 2. The lowest BCUT2D eigenvalue weighted by atomic mass is 10.0. The van der Waals surface area contributed by atoms with Crippen LogP contribution >= 0.6 is 0 Å². The number of fused-ring (bicyclic) bond motifs is 1. The Bertz CT molecular complexity index is 711. The molecule has 1 atom stereocenters. The van der Waals surface area contributed by atoms with E-state index in [2.05, 4.69) is 25.0 Å². The molecule has 0 bridgehead atoms. The van der Waals surface area contributed by atoms with Crippen LogP contribution in [0.3, 0.4) is 0 Å². The predicted octanol–water partition coefficient (Wildman–Crippen LogP) is 1.74. The van der Waals surface area contributed by atoms with Crippen LogP contribution in [0.5, 0.6) is 0 Å². The minimum absolute atomic E-state index is 0.268. The van der Waals surface area contributed by atoms with Gasteiger partial charge in [-0.1, -0.05) is 13.8 Å². The van der Waals surface area contributed by atoms with Crippen LogP contribution in [0.4, 0.5) is 5.82 Å². The molecular formula is C15H20N4O4. The van der Waals surface area contributed by atoms with Crippen LogP contribution in [0.25, 0.3) is 11.0 Å². The van der Waals surface area contributed by atoms with Gasteiger partial charge in [0.25, 0.3) is 0 Å². The lowest BCUT2D eigenvalue weighted by Crippen LogP contribution is -2.32. The lowest BCUT2D eigenvalue weighted by molar-refractivity contribution is -0.141. The number of rotatable bonds is 6. The third-order valence-corrected chi connectivity index (χ3v) is 3.33. The van der Waals surface area contributed by atoms with Crippen LogP contribution in [0.2, 0.25) is 0 Å². The van der Waals surface area contributed by atoms with E-state index in [1.54, 1.807) is 6.07 Å². The van der Waals surface area contributed by atoms with E-state index in [-0.39, 0.29) is 11.7 Å². The second-order valence-electron chi connectivity index (χ2n) is 5.51. The first kappa shape index (κ1) is 16.7. The van der Waals surface area contributed by atoms with Crippen molar-refractivity contribution in [3.8, 4) is 0 Å². The number of hydrogen-bond acceptors (Lipinski definition) is 7. The maximum absolute atomic E-state index is 11.9. The number of methoxy groups -OCH3 is 2. The molecule has 2 aromatic heterocycles. The van der Waals surface area contributed by atoms with Crippen molar-refractivity contribution in [1.82, 2.24) is 15.0 Å². The van der Waals surface area contributed by atoms with Crippen molar-refractivity contribution in [2.24, 2.45) is 5.92 Å². The lowest BCUT2D eigenvalue weighted by Gasteiger charge is -2.19. The summed E-state index contributed by atoms with van der Waals surface area (Å²) in [7, 11) is 2.65. The molecule has 0 aromatic carbocycles. The summed E-state index contributed by atoms with van der Waals surface area (Å²) in [4.78, 5) is 34.7. The van der Waals surface area contributed by atoms with Crippen molar-refractivity contribution in [2.45, 2.75) is 26.3 Å². The molecule has 0 amide bonds. The molecule has 0 aliphatic carbocycles. The summed E-state index contributed by atoms with van der Waals surface area (Å²) in [6, 6.07) is 1.06. The van der Waals surface area contributed by atoms with Gasteiger partial charge in [-0.2, -0.15) is 0 Å². The second kappa shape index (κ2) is 7.08. The van der Waals surface area contributed by atoms with Gasteiger partial charge in [-0.05, 0) is 18.4 Å². The van der Waals surface area contributed by atoms with E-state index in [0.29, 0.717) is 29.2 Å². The van der Waals surface area contributed by atoms with Crippen LogP contribution in [0.1, 0.15) is 30.8 Å². The van der Waals surface area contributed by atoms with Crippen molar-refractivity contribution >= 4 is 28.8 Å². The molecule has 0 saturated heterocycles. The van der Waals surface area contributed by atoms with Crippen molar-refractivity contribution < 1.29 is 19.1 Å². The number of ether oxygens (including phenoxy) is 2. The topological polar surface area (TPSA) is 106 Å². The Labute approximate surface area is 133 Å².